The van der Waals surface area contributed by atoms with Gasteiger partial charge in [-0.05, 0) is 40.9 Å². The van der Waals surface area contributed by atoms with Crippen LogP contribution in [0.15, 0.2) is 12.1 Å². The molecule has 0 bridgehead atoms. The molecule has 2 rings (SSSR count). The van der Waals surface area contributed by atoms with Gasteiger partial charge in [0.25, 0.3) is 0 Å². The number of nitrogens with zero attached hydrogens (tertiary/aromatic N) is 1. The van der Waals surface area contributed by atoms with Crippen LogP contribution in [0.5, 0.6) is 5.75 Å². The molecule has 170 valence electrons. The number of hydrogen-bond acceptors (Lipinski definition) is 5. The van der Waals surface area contributed by atoms with Crippen molar-refractivity contribution in [1.29, 1.82) is 0 Å². The Hall–Kier alpha value is -0.690. The second-order valence-corrected chi connectivity index (χ2v) is 11.3. The minimum atomic E-state index is -0.261. The second-order valence-electron chi connectivity index (χ2n) is 9.98. The molecule has 1 fully saturated rings. The first-order valence-corrected chi connectivity index (χ1v) is 11.8. The Morgan fingerprint density at radius 1 is 1.16 bits per heavy atom. The normalized spacial score (nSPS) is 17.3. The zero-order valence-corrected chi connectivity index (χ0v) is 20.3. The molecule has 1 aromatic rings. The summed E-state index contributed by atoms with van der Waals surface area (Å²) in [5.41, 5.74) is 2.50. The fourth-order valence-corrected chi connectivity index (χ4v) is 4.90. The van der Waals surface area contributed by atoms with Crippen molar-refractivity contribution in [3.05, 3.63) is 28.8 Å². The van der Waals surface area contributed by atoms with Crippen molar-refractivity contribution in [2.24, 2.45) is 0 Å². The van der Waals surface area contributed by atoms with Gasteiger partial charge in [0.1, 0.15) is 5.75 Å². The Morgan fingerprint density at radius 2 is 1.71 bits per heavy atom. The third-order valence-electron chi connectivity index (χ3n) is 5.37. The standard InChI is InChI=1S/C24H37NO4S.Na.H/c1-8-29-20(26)9-10-25-11-12-30-19(22(25)28)15-16-13-17(23(2,3)4)21(27)18(14-16)24(5,6)7;;/h13-14,19,27H,8-12,15H2,1-7H3;;. The summed E-state index contributed by atoms with van der Waals surface area (Å²) in [6.45, 7) is 15.8. The second kappa shape index (κ2) is 11.4. The number of aromatic hydroxyl groups is 1. The summed E-state index contributed by atoms with van der Waals surface area (Å²) in [5.74, 6) is 1.04. The molecule has 1 saturated heterocycles. The van der Waals surface area contributed by atoms with Crippen molar-refractivity contribution < 1.29 is 19.4 Å². The zero-order valence-electron chi connectivity index (χ0n) is 19.5. The molecule has 7 heteroatoms. The molecule has 5 nitrogen and oxygen atoms in total. The molecule has 31 heavy (non-hydrogen) atoms. The van der Waals surface area contributed by atoms with E-state index >= 15 is 0 Å². The van der Waals surface area contributed by atoms with E-state index in [2.05, 4.69) is 53.7 Å². The Kier molecular flexibility index (Phi) is 10.5. The summed E-state index contributed by atoms with van der Waals surface area (Å²) in [4.78, 5) is 26.5. The quantitative estimate of drug-likeness (QED) is 0.518. The fourth-order valence-electron chi connectivity index (χ4n) is 3.69. The molecule has 1 atom stereocenters. The van der Waals surface area contributed by atoms with Gasteiger partial charge >= 0.3 is 35.5 Å². The molecule has 0 radical (unpaired) electrons. The first kappa shape index (κ1) is 28.3. The predicted octanol–water partition coefficient (Wildman–Crippen LogP) is 3.78. The molecular weight excluding hydrogens is 421 g/mol. The summed E-state index contributed by atoms with van der Waals surface area (Å²) in [6, 6.07) is 4.10. The summed E-state index contributed by atoms with van der Waals surface area (Å²) in [5, 5.41) is 10.8. The number of phenolic OH excluding ortho intramolecular Hbond substituents is 1. The van der Waals surface area contributed by atoms with Crippen LogP contribution in [0.25, 0.3) is 0 Å². The Balaban J connectivity index is 0.00000480. The Morgan fingerprint density at radius 3 is 2.19 bits per heavy atom. The number of rotatable bonds is 6. The number of esters is 1. The molecule has 0 saturated carbocycles. The number of hydrogen-bond donors (Lipinski definition) is 1. The van der Waals surface area contributed by atoms with Crippen LogP contribution in [-0.4, -0.2) is 82.1 Å². The SMILES string of the molecule is CCOC(=O)CCN1CCSC(Cc2cc(C(C)(C)C)c(O)c(C(C)(C)C)c2)C1=O.[NaH]. The van der Waals surface area contributed by atoms with Crippen LogP contribution >= 0.6 is 11.8 Å². The first-order valence-electron chi connectivity index (χ1n) is 10.8. The predicted molar refractivity (Wildman–Crippen MR) is 130 cm³/mol. The molecule has 0 spiro atoms. The fraction of sp³-hybridized carbons (Fsp3) is 0.667. The van der Waals surface area contributed by atoms with Crippen LogP contribution in [0.2, 0.25) is 0 Å². The average Bonchev–Trinajstić information content (AvgIpc) is 2.62. The van der Waals surface area contributed by atoms with E-state index in [4.69, 9.17) is 4.74 Å². The van der Waals surface area contributed by atoms with Gasteiger partial charge < -0.3 is 14.7 Å². The number of benzene rings is 1. The van der Waals surface area contributed by atoms with Gasteiger partial charge in [0.05, 0.1) is 18.3 Å². The van der Waals surface area contributed by atoms with Crippen LogP contribution in [0.1, 0.15) is 71.6 Å². The number of thioether (sulfide) groups is 1. The van der Waals surface area contributed by atoms with Gasteiger partial charge in [-0.2, -0.15) is 0 Å². The van der Waals surface area contributed by atoms with Crippen LogP contribution in [0.3, 0.4) is 0 Å². The topological polar surface area (TPSA) is 66.8 Å². The maximum absolute atomic E-state index is 13.0. The average molecular weight is 460 g/mol. The first-order chi connectivity index (χ1) is 13.8. The Labute approximate surface area is 214 Å². The monoisotopic (exact) mass is 459 g/mol. The zero-order chi connectivity index (χ0) is 22.7. The summed E-state index contributed by atoms with van der Waals surface area (Å²) in [6.07, 6.45) is 0.852. The molecule has 1 aliphatic rings. The molecule has 1 amide bonds. The van der Waals surface area contributed by atoms with Crippen molar-refractivity contribution >= 4 is 53.2 Å². The van der Waals surface area contributed by atoms with E-state index in [9.17, 15) is 14.7 Å². The van der Waals surface area contributed by atoms with Gasteiger partial charge in [-0.15, -0.1) is 11.8 Å². The molecule has 0 aliphatic carbocycles. The minimum absolute atomic E-state index is 0. The third kappa shape index (κ3) is 7.69. The van der Waals surface area contributed by atoms with Gasteiger partial charge in [0, 0.05) is 18.8 Å². The molecule has 1 heterocycles. The molecular formula is C24H38NNaO4S. The van der Waals surface area contributed by atoms with Crippen molar-refractivity contribution in [2.45, 2.75) is 77.4 Å². The van der Waals surface area contributed by atoms with Gasteiger partial charge in [0.15, 0.2) is 0 Å². The van der Waals surface area contributed by atoms with E-state index in [0.717, 1.165) is 22.4 Å². The van der Waals surface area contributed by atoms with Crippen LogP contribution in [0.4, 0.5) is 0 Å². The van der Waals surface area contributed by atoms with E-state index < -0.39 is 0 Å². The number of ether oxygens (including phenoxy) is 1. The number of carbonyl (C=O) groups excluding carboxylic acids is 2. The maximum atomic E-state index is 13.0. The van der Waals surface area contributed by atoms with Gasteiger partial charge in [-0.25, -0.2) is 0 Å². The molecule has 1 aliphatic heterocycles. The van der Waals surface area contributed by atoms with Crippen molar-refractivity contribution in [3.8, 4) is 5.75 Å². The van der Waals surface area contributed by atoms with Gasteiger partial charge in [0.2, 0.25) is 5.91 Å². The number of amides is 1. The molecule has 0 aromatic heterocycles. The van der Waals surface area contributed by atoms with E-state index in [1.807, 2.05) is 0 Å². The van der Waals surface area contributed by atoms with E-state index in [0.29, 0.717) is 31.9 Å². The van der Waals surface area contributed by atoms with Crippen molar-refractivity contribution in [3.63, 3.8) is 0 Å². The summed E-state index contributed by atoms with van der Waals surface area (Å²) < 4.78 is 4.99. The van der Waals surface area contributed by atoms with E-state index in [1.165, 1.54) is 0 Å². The molecule has 1 aromatic carbocycles. The number of carbonyl (C=O) groups is 2. The van der Waals surface area contributed by atoms with Crippen LogP contribution < -0.4 is 0 Å². The molecule has 1 N–H and O–H groups in total. The van der Waals surface area contributed by atoms with Crippen LogP contribution in [-0.2, 0) is 31.6 Å². The Bertz CT molecular complexity index is 748. The number of phenols is 1. The van der Waals surface area contributed by atoms with Crippen LogP contribution in [0, 0.1) is 0 Å². The van der Waals surface area contributed by atoms with E-state index in [1.54, 1.807) is 23.6 Å². The van der Waals surface area contributed by atoms with Crippen molar-refractivity contribution in [1.82, 2.24) is 4.90 Å². The van der Waals surface area contributed by atoms with Crippen molar-refractivity contribution in [2.75, 3.05) is 25.4 Å². The van der Waals surface area contributed by atoms with Gasteiger partial charge in [-0.1, -0.05) is 53.7 Å². The summed E-state index contributed by atoms with van der Waals surface area (Å²) >= 11 is 1.68. The third-order valence-corrected chi connectivity index (χ3v) is 6.55. The molecule has 1 unspecified atom stereocenters. The van der Waals surface area contributed by atoms with Gasteiger partial charge in [-0.3, -0.25) is 9.59 Å². The van der Waals surface area contributed by atoms with E-state index in [-0.39, 0.29) is 63.9 Å². The summed E-state index contributed by atoms with van der Waals surface area (Å²) in [7, 11) is 0.